The fourth-order valence-corrected chi connectivity index (χ4v) is 3.16. The predicted molar refractivity (Wildman–Crippen MR) is 84.4 cm³/mol. The normalized spacial score (nSPS) is 20.8. The Bertz CT molecular complexity index is 684. The van der Waals surface area contributed by atoms with E-state index < -0.39 is 5.60 Å². The van der Waals surface area contributed by atoms with Crippen LogP contribution < -0.4 is 0 Å². The average molecular weight is 296 g/mol. The average Bonchev–Trinajstić information content (AvgIpc) is 2.99. The first kappa shape index (κ1) is 14.6. The van der Waals surface area contributed by atoms with Crippen LogP contribution in [-0.4, -0.2) is 5.97 Å². The number of hydrogen-bond acceptors (Lipinski definition) is 3. The Morgan fingerprint density at radius 3 is 2.82 bits per heavy atom. The van der Waals surface area contributed by atoms with E-state index in [1.54, 1.807) is 19.5 Å². The first-order valence-corrected chi connectivity index (χ1v) is 7.63. The van der Waals surface area contributed by atoms with Gasteiger partial charge in [0.15, 0.2) is 5.60 Å². The van der Waals surface area contributed by atoms with Crippen LogP contribution in [0, 0.1) is 0 Å². The second-order valence-corrected chi connectivity index (χ2v) is 5.87. The Hall–Kier alpha value is -2.29. The number of carbonyl (C=O) groups is 1. The van der Waals surface area contributed by atoms with Gasteiger partial charge in [0.05, 0.1) is 12.5 Å². The van der Waals surface area contributed by atoms with Crippen molar-refractivity contribution in [1.82, 2.24) is 0 Å². The standard InChI is InChI=1S/C19H20O3/c1-14(2)18(20)22-19(16-10-12-21-13-16)11-6-5-8-15-7-3-4-9-17(15)19/h3-4,7,9-10,12-13H,1,5-6,8,11H2,2H3. The van der Waals surface area contributed by atoms with E-state index in [4.69, 9.17) is 9.15 Å². The first-order chi connectivity index (χ1) is 10.6. The monoisotopic (exact) mass is 296 g/mol. The molecule has 1 heterocycles. The molecule has 1 atom stereocenters. The van der Waals surface area contributed by atoms with E-state index >= 15 is 0 Å². The summed E-state index contributed by atoms with van der Waals surface area (Å²) in [5.74, 6) is -0.363. The van der Waals surface area contributed by atoms with Crippen molar-refractivity contribution in [3.63, 3.8) is 0 Å². The molecule has 0 aliphatic heterocycles. The lowest BCUT2D eigenvalue weighted by molar-refractivity contribution is -0.152. The predicted octanol–water partition coefficient (Wildman–Crippen LogP) is 4.37. The molecule has 0 N–H and O–H groups in total. The second-order valence-electron chi connectivity index (χ2n) is 5.87. The molecular formula is C19H20O3. The lowest BCUT2D eigenvalue weighted by atomic mass is 9.82. The summed E-state index contributed by atoms with van der Waals surface area (Å²) in [5, 5.41) is 0. The van der Waals surface area contributed by atoms with Crippen LogP contribution in [0.15, 0.2) is 59.4 Å². The van der Waals surface area contributed by atoms with Crippen molar-refractivity contribution in [2.24, 2.45) is 0 Å². The SMILES string of the molecule is C=C(C)C(=O)OC1(c2ccoc2)CCCCc2ccccc21. The molecule has 1 aromatic heterocycles. The van der Waals surface area contributed by atoms with E-state index in [2.05, 4.69) is 18.7 Å². The third-order valence-corrected chi connectivity index (χ3v) is 4.28. The third kappa shape index (κ3) is 2.47. The molecule has 0 radical (unpaired) electrons. The Morgan fingerprint density at radius 1 is 1.27 bits per heavy atom. The molecule has 0 saturated carbocycles. The molecule has 0 fully saturated rings. The minimum Gasteiger partial charge on any atom is -0.472 e. The van der Waals surface area contributed by atoms with Gasteiger partial charge < -0.3 is 9.15 Å². The molecule has 3 rings (SSSR count). The number of benzene rings is 1. The molecule has 0 bridgehead atoms. The molecule has 22 heavy (non-hydrogen) atoms. The quantitative estimate of drug-likeness (QED) is 0.479. The molecule has 1 unspecified atom stereocenters. The van der Waals surface area contributed by atoms with Gasteiger partial charge in [0.1, 0.15) is 0 Å². The number of aryl methyl sites for hydroxylation is 1. The van der Waals surface area contributed by atoms with Crippen molar-refractivity contribution in [2.75, 3.05) is 0 Å². The molecule has 0 amide bonds. The van der Waals surface area contributed by atoms with Crippen LogP contribution in [0.4, 0.5) is 0 Å². The van der Waals surface area contributed by atoms with Gasteiger partial charge in [-0.2, -0.15) is 0 Å². The summed E-state index contributed by atoms with van der Waals surface area (Å²) in [4.78, 5) is 12.3. The van der Waals surface area contributed by atoms with Gasteiger partial charge in [0.25, 0.3) is 0 Å². The van der Waals surface area contributed by atoms with Crippen LogP contribution in [0.2, 0.25) is 0 Å². The highest BCUT2D eigenvalue weighted by molar-refractivity contribution is 5.87. The molecule has 114 valence electrons. The topological polar surface area (TPSA) is 39.4 Å². The Labute approximate surface area is 130 Å². The summed E-state index contributed by atoms with van der Waals surface area (Å²) in [7, 11) is 0. The second kappa shape index (κ2) is 5.84. The zero-order valence-corrected chi connectivity index (χ0v) is 12.8. The van der Waals surface area contributed by atoms with Crippen LogP contribution >= 0.6 is 0 Å². The van der Waals surface area contributed by atoms with E-state index in [1.165, 1.54) is 5.56 Å². The maximum Gasteiger partial charge on any atom is 0.334 e. The van der Waals surface area contributed by atoms with E-state index in [0.717, 1.165) is 36.8 Å². The molecule has 0 spiro atoms. The first-order valence-electron chi connectivity index (χ1n) is 7.63. The van der Waals surface area contributed by atoms with Gasteiger partial charge in [-0.05, 0) is 44.2 Å². The summed E-state index contributed by atoms with van der Waals surface area (Å²) in [6, 6.07) is 10.1. The van der Waals surface area contributed by atoms with Gasteiger partial charge in [0, 0.05) is 16.7 Å². The molecule has 1 aliphatic rings. The maximum absolute atomic E-state index is 12.3. The number of ether oxygens (including phenoxy) is 1. The largest absolute Gasteiger partial charge is 0.472 e. The van der Waals surface area contributed by atoms with Crippen LogP contribution in [-0.2, 0) is 21.6 Å². The van der Waals surface area contributed by atoms with E-state index in [1.807, 2.05) is 18.2 Å². The molecule has 3 heteroatoms. The third-order valence-electron chi connectivity index (χ3n) is 4.28. The Kier molecular flexibility index (Phi) is 3.88. The molecule has 0 saturated heterocycles. The van der Waals surface area contributed by atoms with E-state index in [0.29, 0.717) is 5.57 Å². The van der Waals surface area contributed by atoms with Crippen molar-refractivity contribution in [2.45, 2.75) is 38.2 Å². The lowest BCUT2D eigenvalue weighted by Crippen LogP contribution is -2.34. The summed E-state index contributed by atoms with van der Waals surface area (Å²) in [6.45, 7) is 5.39. The number of carbonyl (C=O) groups excluding carboxylic acids is 1. The molecule has 2 aromatic rings. The zero-order chi connectivity index (χ0) is 15.6. The van der Waals surface area contributed by atoms with Crippen LogP contribution in [0.1, 0.15) is 42.9 Å². The summed E-state index contributed by atoms with van der Waals surface area (Å²) in [6.07, 6.45) is 7.13. The molecule has 1 aromatic carbocycles. The number of fused-ring (bicyclic) bond motifs is 1. The lowest BCUT2D eigenvalue weighted by Gasteiger charge is -2.33. The highest BCUT2D eigenvalue weighted by Crippen LogP contribution is 2.43. The van der Waals surface area contributed by atoms with Gasteiger partial charge >= 0.3 is 5.97 Å². The van der Waals surface area contributed by atoms with Crippen molar-refractivity contribution in [1.29, 1.82) is 0 Å². The summed E-state index contributed by atoms with van der Waals surface area (Å²) >= 11 is 0. The van der Waals surface area contributed by atoms with Gasteiger partial charge in [-0.3, -0.25) is 0 Å². The van der Waals surface area contributed by atoms with Gasteiger partial charge in [-0.1, -0.05) is 30.8 Å². The number of hydrogen-bond donors (Lipinski definition) is 0. The van der Waals surface area contributed by atoms with Crippen molar-refractivity contribution in [3.8, 4) is 0 Å². The van der Waals surface area contributed by atoms with Crippen LogP contribution in [0.5, 0.6) is 0 Å². The summed E-state index contributed by atoms with van der Waals surface area (Å²) < 4.78 is 11.3. The molecule has 1 aliphatic carbocycles. The van der Waals surface area contributed by atoms with Gasteiger partial charge in [-0.15, -0.1) is 0 Å². The maximum atomic E-state index is 12.3. The van der Waals surface area contributed by atoms with Crippen LogP contribution in [0.3, 0.4) is 0 Å². The number of rotatable bonds is 3. The summed E-state index contributed by atoms with van der Waals surface area (Å²) in [5.41, 5.74) is 2.80. The number of furan rings is 1. The molecular weight excluding hydrogens is 276 g/mol. The van der Waals surface area contributed by atoms with Crippen molar-refractivity contribution in [3.05, 3.63) is 71.7 Å². The van der Waals surface area contributed by atoms with Crippen LogP contribution in [0.25, 0.3) is 0 Å². The fraction of sp³-hybridized carbons (Fsp3) is 0.316. The Balaban J connectivity index is 2.17. The highest BCUT2D eigenvalue weighted by Gasteiger charge is 2.41. The fourth-order valence-electron chi connectivity index (χ4n) is 3.16. The van der Waals surface area contributed by atoms with Crippen molar-refractivity contribution < 1.29 is 13.9 Å². The Morgan fingerprint density at radius 2 is 2.09 bits per heavy atom. The number of esters is 1. The van der Waals surface area contributed by atoms with E-state index in [-0.39, 0.29) is 5.97 Å². The highest BCUT2D eigenvalue weighted by atomic mass is 16.6. The van der Waals surface area contributed by atoms with Crippen molar-refractivity contribution >= 4 is 5.97 Å². The smallest absolute Gasteiger partial charge is 0.334 e. The molecule has 3 nitrogen and oxygen atoms in total. The minimum atomic E-state index is -0.782. The van der Waals surface area contributed by atoms with Gasteiger partial charge in [0.2, 0.25) is 0 Å². The zero-order valence-electron chi connectivity index (χ0n) is 12.8. The van der Waals surface area contributed by atoms with E-state index in [9.17, 15) is 4.79 Å². The van der Waals surface area contributed by atoms with Gasteiger partial charge in [-0.25, -0.2) is 4.79 Å². The minimum absolute atomic E-state index is 0.363.